The third kappa shape index (κ3) is 4.29. The second kappa shape index (κ2) is 8.71. The van der Waals surface area contributed by atoms with Gasteiger partial charge in [0, 0.05) is 4.47 Å². The number of carbonyl (C=O) groups excluding carboxylic acids is 2. The molecule has 0 aliphatic carbocycles. The first-order valence-corrected chi connectivity index (χ1v) is 10.9. The van der Waals surface area contributed by atoms with E-state index in [4.69, 9.17) is 4.74 Å². The van der Waals surface area contributed by atoms with E-state index in [1.807, 2.05) is 38.1 Å². The van der Waals surface area contributed by atoms with Crippen molar-refractivity contribution in [3.05, 3.63) is 60.9 Å². The summed E-state index contributed by atoms with van der Waals surface area (Å²) in [5.41, 5.74) is 2.59. The number of phenolic OH excluding ortho intramolecular Hbond substituents is 1. The molecule has 0 bridgehead atoms. The molecule has 0 aromatic heterocycles. The molecule has 0 unspecified atom stereocenters. The van der Waals surface area contributed by atoms with Gasteiger partial charge in [0.1, 0.15) is 0 Å². The molecule has 1 fully saturated rings. The van der Waals surface area contributed by atoms with Gasteiger partial charge in [-0.2, -0.15) is 0 Å². The molecular formula is C20H17Br2NO4S. The summed E-state index contributed by atoms with van der Waals surface area (Å²) in [5.74, 6) is -0.0770. The minimum Gasteiger partial charge on any atom is -0.503 e. The fourth-order valence-electron chi connectivity index (χ4n) is 2.75. The highest BCUT2D eigenvalue weighted by Gasteiger charge is 2.35. The lowest BCUT2D eigenvalue weighted by Crippen LogP contribution is -2.27. The quantitative estimate of drug-likeness (QED) is 0.494. The number of aromatic hydroxyl groups is 1. The van der Waals surface area contributed by atoms with Crippen LogP contribution in [0.4, 0.5) is 4.79 Å². The van der Waals surface area contributed by atoms with Gasteiger partial charge in [0.2, 0.25) is 0 Å². The number of thioether (sulfide) groups is 1. The number of aryl methyl sites for hydroxylation is 1. The van der Waals surface area contributed by atoms with E-state index < -0.39 is 0 Å². The Morgan fingerprint density at radius 1 is 1.21 bits per heavy atom. The average Bonchev–Trinajstić information content (AvgIpc) is 2.91. The summed E-state index contributed by atoms with van der Waals surface area (Å²) < 4.78 is 6.43. The van der Waals surface area contributed by atoms with Gasteiger partial charge >= 0.3 is 0 Å². The summed E-state index contributed by atoms with van der Waals surface area (Å²) in [5, 5.41) is 9.85. The Morgan fingerprint density at radius 3 is 2.64 bits per heavy atom. The first-order chi connectivity index (χ1) is 13.3. The molecule has 0 spiro atoms. The summed E-state index contributed by atoms with van der Waals surface area (Å²) in [6, 6.07) is 9.34. The number of halogens is 2. The van der Waals surface area contributed by atoms with Crippen molar-refractivity contribution in [2.75, 3.05) is 6.61 Å². The van der Waals surface area contributed by atoms with Crippen molar-refractivity contribution in [2.24, 2.45) is 0 Å². The highest BCUT2D eigenvalue weighted by atomic mass is 79.9. The van der Waals surface area contributed by atoms with Crippen LogP contribution in [0.25, 0.3) is 6.08 Å². The number of nitrogens with zero attached hydrogens (tertiary/aromatic N) is 1. The van der Waals surface area contributed by atoms with Gasteiger partial charge < -0.3 is 9.84 Å². The number of rotatable bonds is 5. The predicted molar refractivity (Wildman–Crippen MR) is 117 cm³/mol. The number of carbonyl (C=O) groups is 2. The number of ether oxygens (including phenoxy) is 1. The highest BCUT2D eigenvalue weighted by molar-refractivity contribution is 9.13. The van der Waals surface area contributed by atoms with Crippen LogP contribution >= 0.6 is 43.6 Å². The number of phenols is 1. The summed E-state index contributed by atoms with van der Waals surface area (Å²) in [6.45, 7) is 4.39. The van der Waals surface area contributed by atoms with Crippen molar-refractivity contribution in [3.8, 4) is 11.5 Å². The van der Waals surface area contributed by atoms with Crippen LogP contribution in [0.1, 0.15) is 23.6 Å². The third-order valence-electron chi connectivity index (χ3n) is 4.06. The molecule has 0 saturated carbocycles. The van der Waals surface area contributed by atoms with Gasteiger partial charge in [0.15, 0.2) is 11.5 Å². The van der Waals surface area contributed by atoms with E-state index in [9.17, 15) is 14.7 Å². The molecule has 1 heterocycles. The molecule has 28 heavy (non-hydrogen) atoms. The number of benzene rings is 2. The number of amides is 2. The normalized spacial score (nSPS) is 15.6. The monoisotopic (exact) mass is 525 g/mol. The SMILES string of the molecule is CCOc1cc(/C=C2\SC(=O)N(Cc3cccc(C)c3)C2=O)c(Br)c(Br)c1O. The molecule has 2 aromatic carbocycles. The Balaban J connectivity index is 1.91. The molecule has 2 aromatic rings. The summed E-state index contributed by atoms with van der Waals surface area (Å²) in [6.07, 6.45) is 1.62. The topological polar surface area (TPSA) is 66.8 Å². The fraction of sp³-hybridized carbons (Fsp3) is 0.200. The van der Waals surface area contributed by atoms with Crippen molar-refractivity contribution in [1.29, 1.82) is 0 Å². The van der Waals surface area contributed by atoms with E-state index in [1.54, 1.807) is 12.1 Å². The van der Waals surface area contributed by atoms with E-state index in [-0.39, 0.29) is 23.4 Å². The Labute approximate surface area is 184 Å². The standard InChI is InChI=1S/C20H17Br2NO4S/c1-3-27-14-8-13(16(21)17(22)18(14)24)9-15-19(25)23(20(26)28-15)10-12-6-4-5-11(2)7-12/h4-9,24H,3,10H2,1-2H3/b15-9-. The van der Waals surface area contributed by atoms with Crippen LogP contribution in [-0.4, -0.2) is 27.8 Å². The zero-order chi connectivity index (χ0) is 20.4. The molecule has 0 radical (unpaired) electrons. The maximum absolute atomic E-state index is 12.8. The summed E-state index contributed by atoms with van der Waals surface area (Å²) >= 11 is 7.62. The average molecular weight is 527 g/mol. The van der Waals surface area contributed by atoms with Crippen molar-refractivity contribution in [3.63, 3.8) is 0 Å². The Bertz CT molecular complexity index is 990. The van der Waals surface area contributed by atoms with Crippen LogP contribution < -0.4 is 4.74 Å². The van der Waals surface area contributed by atoms with E-state index in [0.29, 0.717) is 31.8 Å². The Morgan fingerprint density at radius 2 is 1.96 bits per heavy atom. The lowest BCUT2D eigenvalue weighted by molar-refractivity contribution is -0.123. The molecule has 0 atom stereocenters. The zero-order valence-corrected chi connectivity index (χ0v) is 19.2. The van der Waals surface area contributed by atoms with Crippen molar-refractivity contribution < 1.29 is 19.4 Å². The van der Waals surface area contributed by atoms with Crippen LogP contribution in [0.5, 0.6) is 11.5 Å². The number of imide groups is 1. The lowest BCUT2D eigenvalue weighted by Gasteiger charge is -2.13. The molecule has 8 heteroatoms. The summed E-state index contributed by atoms with van der Waals surface area (Å²) in [7, 11) is 0. The molecule has 146 valence electrons. The van der Waals surface area contributed by atoms with Gasteiger partial charge in [-0.15, -0.1) is 0 Å². The largest absolute Gasteiger partial charge is 0.503 e. The molecule has 1 N–H and O–H groups in total. The maximum Gasteiger partial charge on any atom is 0.293 e. The number of hydrogen-bond donors (Lipinski definition) is 1. The van der Waals surface area contributed by atoms with Crippen LogP contribution in [0, 0.1) is 6.92 Å². The summed E-state index contributed by atoms with van der Waals surface area (Å²) in [4.78, 5) is 26.7. The van der Waals surface area contributed by atoms with Crippen LogP contribution in [0.2, 0.25) is 0 Å². The molecular weight excluding hydrogens is 510 g/mol. The van der Waals surface area contributed by atoms with E-state index in [2.05, 4.69) is 31.9 Å². The first kappa shape index (κ1) is 21.0. The van der Waals surface area contributed by atoms with Crippen molar-refractivity contribution in [2.45, 2.75) is 20.4 Å². The molecule has 5 nitrogen and oxygen atoms in total. The van der Waals surface area contributed by atoms with Gasteiger partial charge in [0.25, 0.3) is 11.1 Å². The van der Waals surface area contributed by atoms with E-state index in [0.717, 1.165) is 22.9 Å². The lowest BCUT2D eigenvalue weighted by atomic mass is 10.1. The Hall–Kier alpha value is -1.77. The second-order valence-corrected chi connectivity index (χ2v) is 8.71. The predicted octanol–water partition coefficient (Wildman–Crippen LogP) is 5.86. The zero-order valence-electron chi connectivity index (χ0n) is 15.2. The smallest absolute Gasteiger partial charge is 0.293 e. The fourth-order valence-corrected chi connectivity index (χ4v) is 4.42. The van der Waals surface area contributed by atoms with Gasteiger partial charge in [-0.3, -0.25) is 14.5 Å². The van der Waals surface area contributed by atoms with Crippen molar-refractivity contribution in [1.82, 2.24) is 4.90 Å². The third-order valence-corrected chi connectivity index (χ3v) is 7.12. The Kier molecular flexibility index (Phi) is 6.52. The molecule has 2 amide bonds. The van der Waals surface area contributed by atoms with Crippen molar-refractivity contribution >= 4 is 60.8 Å². The van der Waals surface area contributed by atoms with Crippen LogP contribution in [0.3, 0.4) is 0 Å². The van der Waals surface area contributed by atoms with E-state index >= 15 is 0 Å². The molecule has 3 rings (SSSR count). The van der Waals surface area contributed by atoms with Gasteiger partial charge in [-0.25, -0.2) is 0 Å². The molecule has 1 aliphatic heterocycles. The minimum atomic E-state index is -0.342. The first-order valence-electron chi connectivity index (χ1n) is 8.46. The maximum atomic E-state index is 12.8. The second-order valence-electron chi connectivity index (χ2n) is 6.13. The minimum absolute atomic E-state index is 0.0292. The van der Waals surface area contributed by atoms with Crippen LogP contribution in [0.15, 0.2) is 44.2 Å². The highest BCUT2D eigenvalue weighted by Crippen LogP contribution is 2.44. The van der Waals surface area contributed by atoms with Gasteiger partial charge in [-0.05, 0) is 80.7 Å². The van der Waals surface area contributed by atoms with Gasteiger partial charge in [-0.1, -0.05) is 29.8 Å². The van der Waals surface area contributed by atoms with E-state index in [1.165, 1.54) is 4.90 Å². The van der Waals surface area contributed by atoms with Gasteiger partial charge in [0.05, 0.1) is 22.5 Å². The number of hydrogen-bond acceptors (Lipinski definition) is 5. The molecule has 1 aliphatic rings. The molecule has 1 saturated heterocycles. The van der Waals surface area contributed by atoms with Crippen LogP contribution in [-0.2, 0) is 11.3 Å².